The Morgan fingerprint density at radius 2 is 1.91 bits per heavy atom. The molecule has 0 unspecified atom stereocenters. The molecule has 0 aliphatic carbocycles. The van der Waals surface area contributed by atoms with Crippen molar-refractivity contribution in [2.45, 2.75) is 19.4 Å². The van der Waals surface area contributed by atoms with Crippen molar-refractivity contribution in [2.75, 3.05) is 11.4 Å². The van der Waals surface area contributed by atoms with Crippen LogP contribution in [-0.2, 0) is 13.0 Å². The Bertz CT molecular complexity index is 810. The molecule has 3 aromatic rings. The molecule has 4 rings (SSSR count). The molecule has 1 aliphatic rings. The smallest absolute Gasteiger partial charge is 0.226 e. The minimum Gasteiger partial charge on any atom is -0.444 e. The molecule has 0 bridgehead atoms. The van der Waals surface area contributed by atoms with Crippen LogP contribution in [0.15, 0.2) is 59.2 Å². The summed E-state index contributed by atoms with van der Waals surface area (Å²) in [6.45, 7) is 1.75. The Morgan fingerprint density at radius 1 is 1.09 bits per heavy atom. The van der Waals surface area contributed by atoms with E-state index in [0.29, 0.717) is 5.89 Å². The molecule has 0 atom stereocenters. The third kappa shape index (κ3) is 2.84. The third-order valence-corrected chi connectivity index (χ3v) is 4.20. The summed E-state index contributed by atoms with van der Waals surface area (Å²) >= 11 is 0. The molecule has 3 nitrogen and oxygen atoms in total. The fourth-order valence-corrected chi connectivity index (χ4v) is 3.08. The SMILES string of the molecule is Fc1ccc(-c2nc(CN3CCCc4ccccc43)co2)cc1. The first-order valence-electron chi connectivity index (χ1n) is 7.83. The second-order valence-electron chi connectivity index (χ2n) is 5.80. The second kappa shape index (κ2) is 5.88. The fourth-order valence-electron chi connectivity index (χ4n) is 3.08. The van der Waals surface area contributed by atoms with Crippen LogP contribution in [0.4, 0.5) is 10.1 Å². The lowest BCUT2D eigenvalue weighted by Gasteiger charge is -2.30. The van der Waals surface area contributed by atoms with Crippen molar-refractivity contribution < 1.29 is 8.81 Å². The van der Waals surface area contributed by atoms with E-state index in [-0.39, 0.29) is 5.82 Å². The van der Waals surface area contributed by atoms with E-state index in [0.717, 1.165) is 37.2 Å². The van der Waals surface area contributed by atoms with Gasteiger partial charge >= 0.3 is 0 Å². The van der Waals surface area contributed by atoms with E-state index in [4.69, 9.17) is 4.42 Å². The van der Waals surface area contributed by atoms with E-state index in [1.165, 1.54) is 23.4 Å². The molecular formula is C19H17FN2O. The van der Waals surface area contributed by atoms with Crippen LogP contribution >= 0.6 is 0 Å². The predicted molar refractivity (Wildman–Crippen MR) is 87.7 cm³/mol. The van der Waals surface area contributed by atoms with Crippen molar-refractivity contribution in [3.8, 4) is 11.5 Å². The van der Waals surface area contributed by atoms with Crippen molar-refractivity contribution in [1.82, 2.24) is 4.98 Å². The maximum absolute atomic E-state index is 13.0. The number of aryl methyl sites for hydroxylation is 1. The largest absolute Gasteiger partial charge is 0.444 e. The van der Waals surface area contributed by atoms with Gasteiger partial charge in [0.05, 0.1) is 12.2 Å². The summed E-state index contributed by atoms with van der Waals surface area (Å²) in [6.07, 6.45) is 3.97. The molecule has 1 aliphatic heterocycles. The number of hydrogen-bond donors (Lipinski definition) is 0. The second-order valence-corrected chi connectivity index (χ2v) is 5.80. The molecule has 0 spiro atoms. The molecule has 4 heteroatoms. The van der Waals surface area contributed by atoms with Crippen LogP contribution in [0.5, 0.6) is 0 Å². The van der Waals surface area contributed by atoms with Gasteiger partial charge in [-0.05, 0) is 48.7 Å². The van der Waals surface area contributed by atoms with Gasteiger partial charge in [0.1, 0.15) is 12.1 Å². The molecule has 0 saturated carbocycles. The van der Waals surface area contributed by atoms with Gasteiger partial charge in [0, 0.05) is 17.8 Å². The normalized spacial score (nSPS) is 13.9. The van der Waals surface area contributed by atoms with Gasteiger partial charge in [-0.1, -0.05) is 18.2 Å². The first-order valence-corrected chi connectivity index (χ1v) is 7.83. The van der Waals surface area contributed by atoms with Crippen LogP contribution < -0.4 is 4.90 Å². The summed E-state index contributed by atoms with van der Waals surface area (Å²) in [4.78, 5) is 6.88. The standard InChI is InChI=1S/C19H17FN2O/c20-16-9-7-15(8-10-16)19-21-17(13-23-19)12-22-11-3-5-14-4-1-2-6-18(14)22/h1-2,4,6-10,13H,3,5,11-12H2. The Hall–Kier alpha value is -2.62. The molecule has 0 fully saturated rings. The van der Waals surface area contributed by atoms with Crippen LogP contribution in [0, 0.1) is 5.82 Å². The molecule has 0 amide bonds. The lowest BCUT2D eigenvalue weighted by molar-refractivity contribution is 0.571. The van der Waals surface area contributed by atoms with Crippen LogP contribution in [0.25, 0.3) is 11.5 Å². The summed E-state index contributed by atoms with van der Waals surface area (Å²) in [6, 6.07) is 14.7. The predicted octanol–water partition coefficient (Wildman–Crippen LogP) is 4.43. The number of oxazole rings is 1. The van der Waals surface area contributed by atoms with Crippen LogP contribution in [0.1, 0.15) is 17.7 Å². The quantitative estimate of drug-likeness (QED) is 0.716. The first-order chi connectivity index (χ1) is 11.3. The van der Waals surface area contributed by atoms with Crippen molar-refractivity contribution in [3.05, 3.63) is 71.9 Å². The zero-order valence-electron chi connectivity index (χ0n) is 12.7. The van der Waals surface area contributed by atoms with E-state index in [9.17, 15) is 4.39 Å². The van der Waals surface area contributed by atoms with Crippen molar-refractivity contribution >= 4 is 5.69 Å². The van der Waals surface area contributed by atoms with Gasteiger partial charge in [-0.2, -0.15) is 0 Å². The summed E-state index contributed by atoms with van der Waals surface area (Å²) < 4.78 is 18.6. The van der Waals surface area contributed by atoms with E-state index in [1.54, 1.807) is 18.4 Å². The summed E-state index contributed by atoms with van der Waals surface area (Å²) in [5, 5.41) is 0. The van der Waals surface area contributed by atoms with E-state index in [1.807, 2.05) is 0 Å². The zero-order chi connectivity index (χ0) is 15.6. The zero-order valence-corrected chi connectivity index (χ0v) is 12.7. The van der Waals surface area contributed by atoms with Gasteiger partial charge in [-0.25, -0.2) is 9.37 Å². The molecule has 0 N–H and O–H groups in total. The first kappa shape index (κ1) is 14.0. The summed E-state index contributed by atoms with van der Waals surface area (Å²) in [5.74, 6) is 0.274. The molecule has 116 valence electrons. The van der Waals surface area contributed by atoms with Crippen LogP contribution in [0.3, 0.4) is 0 Å². The monoisotopic (exact) mass is 308 g/mol. The van der Waals surface area contributed by atoms with Gasteiger partial charge in [-0.3, -0.25) is 0 Å². The average molecular weight is 308 g/mol. The van der Waals surface area contributed by atoms with Crippen molar-refractivity contribution in [1.29, 1.82) is 0 Å². The van der Waals surface area contributed by atoms with Crippen molar-refractivity contribution in [2.24, 2.45) is 0 Å². The number of rotatable bonds is 3. The Morgan fingerprint density at radius 3 is 2.78 bits per heavy atom. The lowest BCUT2D eigenvalue weighted by atomic mass is 10.0. The van der Waals surface area contributed by atoms with Gasteiger partial charge < -0.3 is 9.32 Å². The van der Waals surface area contributed by atoms with E-state index < -0.39 is 0 Å². The number of hydrogen-bond acceptors (Lipinski definition) is 3. The molecule has 0 saturated heterocycles. The van der Waals surface area contributed by atoms with Crippen LogP contribution in [-0.4, -0.2) is 11.5 Å². The minimum absolute atomic E-state index is 0.259. The number of anilines is 1. The average Bonchev–Trinajstić information content (AvgIpc) is 3.04. The van der Waals surface area contributed by atoms with E-state index in [2.05, 4.69) is 34.1 Å². The Balaban J connectivity index is 1.56. The number of aromatic nitrogens is 1. The lowest BCUT2D eigenvalue weighted by Crippen LogP contribution is -2.28. The highest BCUT2D eigenvalue weighted by Crippen LogP contribution is 2.28. The highest BCUT2D eigenvalue weighted by Gasteiger charge is 2.18. The fraction of sp³-hybridized carbons (Fsp3) is 0.211. The maximum Gasteiger partial charge on any atom is 0.226 e. The minimum atomic E-state index is -0.259. The molecule has 23 heavy (non-hydrogen) atoms. The van der Waals surface area contributed by atoms with Crippen molar-refractivity contribution in [3.63, 3.8) is 0 Å². The maximum atomic E-state index is 13.0. The summed E-state index contributed by atoms with van der Waals surface area (Å²) in [5.41, 5.74) is 4.35. The molecule has 2 aromatic carbocycles. The van der Waals surface area contributed by atoms with Gasteiger partial charge in [0.25, 0.3) is 0 Å². The summed E-state index contributed by atoms with van der Waals surface area (Å²) in [7, 11) is 0. The number of fused-ring (bicyclic) bond motifs is 1. The number of benzene rings is 2. The number of nitrogens with zero attached hydrogens (tertiary/aromatic N) is 2. The topological polar surface area (TPSA) is 29.3 Å². The molecule has 1 aromatic heterocycles. The Labute approximate surface area is 134 Å². The molecular weight excluding hydrogens is 291 g/mol. The highest BCUT2D eigenvalue weighted by atomic mass is 19.1. The van der Waals surface area contributed by atoms with Gasteiger partial charge in [0.2, 0.25) is 5.89 Å². The van der Waals surface area contributed by atoms with E-state index >= 15 is 0 Å². The molecule has 2 heterocycles. The highest BCUT2D eigenvalue weighted by molar-refractivity contribution is 5.56. The number of para-hydroxylation sites is 1. The van der Waals surface area contributed by atoms with Gasteiger partial charge in [0.15, 0.2) is 0 Å². The Kier molecular flexibility index (Phi) is 3.58. The number of halogens is 1. The van der Waals surface area contributed by atoms with Gasteiger partial charge in [-0.15, -0.1) is 0 Å². The van der Waals surface area contributed by atoms with Crippen LogP contribution in [0.2, 0.25) is 0 Å². The molecule has 0 radical (unpaired) electrons. The third-order valence-electron chi connectivity index (χ3n) is 4.20.